The van der Waals surface area contributed by atoms with Crippen molar-refractivity contribution < 1.29 is 4.74 Å². The number of nitrogens with zero attached hydrogens (tertiary/aromatic N) is 3. The number of H-pyrrole nitrogens is 1. The number of aromatic amines is 1. The van der Waals surface area contributed by atoms with Crippen LogP contribution in [0.25, 0.3) is 11.6 Å². The van der Waals surface area contributed by atoms with Gasteiger partial charge in [0.1, 0.15) is 30.1 Å². The summed E-state index contributed by atoms with van der Waals surface area (Å²) in [5.74, 6) is 0.712. The van der Waals surface area contributed by atoms with Gasteiger partial charge in [0.25, 0.3) is 0 Å². The van der Waals surface area contributed by atoms with Crippen LogP contribution in [-0.2, 0) is 0 Å². The van der Waals surface area contributed by atoms with Gasteiger partial charge in [0, 0.05) is 9.13 Å². The fourth-order valence-electron chi connectivity index (χ4n) is 1.96. The second-order valence-corrected chi connectivity index (χ2v) is 6.95. The third-order valence-electron chi connectivity index (χ3n) is 2.98. The molecule has 0 aliphatic heterocycles. The number of halogens is 2. The summed E-state index contributed by atoms with van der Waals surface area (Å²) in [4.78, 5) is 0. The fraction of sp³-hybridized carbons (Fsp3) is 0.0625. The highest BCUT2D eigenvalue weighted by atomic mass is 127. The quantitative estimate of drug-likeness (QED) is 0.340. The molecule has 0 fully saturated rings. The van der Waals surface area contributed by atoms with Gasteiger partial charge in [0.15, 0.2) is 5.82 Å². The average molecular weight is 543 g/mol. The van der Waals surface area contributed by atoms with Crippen molar-refractivity contribution in [1.82, 2.24) is 10.2 Å². The molecule has 2 rings (SSSR count). The topological polar surface area (TPSA) is 112 Å². The molecule has 0 amide bonds. The van der Waals surface area contributed by atoms with Crippen molar-refractivity contribution in [1.29, 1.82) is 10.5 Å². The summed E-state index contributed by atoms with van der Waals surface area (Å²) in [6.07, 6.45) is 3.30. The van der Waals surface area contributed by atoms with Gasteiger partial charge >= 0.3 is 0 Å². The molecule has 1 aromatic heterocycles. The van der Waals surface area contributed by atoms with Crippen LogP contribution < -0.4 is 10.5 Å². The summed E-state index contributed by atoms with van der Waals surface area (Å²) in [5, 5.41) is 25.1. The van der Waals surface area contributed by atoms with Crippen molar-refractivity contribution in [3.8, 4) is 17.9 Å². The number of ether oxygens (including phenoxy) is 1. The van der Waals surface area contributed by atoms with Gasteiger partial charge in [0.2, 0.25) is 0 Å². The molecule has 0 radical (unpaired) electrons. The van der Waals surface area contributed by atoms with Crippen LogP contribution in [0.4, 0.5) is 5.82 Å². The van der Waals surface area contributed by atoms with E-state index >= 15 is 0 Å². The number of benzene rings is 1. The van der Waals surface area contributed by atoms with Crippen LogP contribution in [-0.4, -0.2) is 16.8 Å². The van der Waals surface area contributed by atoms with E-state index in [9.17, 15) is 10.5 Å². The molecule has 0 saturated heterocycles. The van der Waals surface area contributed by atoms with Crippen molar-refractivity contribution >= 4 is 62.6 Å². The number of hydrogen-bond acceptors (Lipinski definition) is 5. The van der Waals surface area contributed by atoms with Crippen LogP contribution in [0.1, 0.15) is 16.8 Å². The number of nitrogens with one attached hydrogen (secondary N) is 1. The van der Waals surface area contributed by atoms with Crippen LogP contribution in [0.15, 0.2) is 24.8 Å². The zero-order valence-electron chi connectivity index (χ0n) is 12.3. The molecule has 1 aromatic carbocycles. The number of allylic oxidation sites excluding steroid dienone is 1. The summed E-state index contributed by atoms with van der Waals surface area (Å²) < 4.78 is 7.62. The maximum absolute atomic E-state index is 9.50. The van der Waals surface area contributed by atoms with Gasteiger partial charge in [-0.3, -0.25) is 5.10 Å². The summed E-state index contributed by atoms with van der Waals surface area (Å²) in [7, 11) is 0. The van der Waals surface area contributed by atoms with Crippen LogP contribution in [0.3, 0.4) is 0 Å². The summed E-state index contributed by atoms with van der Waals surface area (Å²) in [6, 6.07) is 7.90. The normalized spacial score (nSPS) is 10.8. The van der Waals surface area contributed by atoms with E-state index in [4.69, 9.17) is 10.5 Å². The lowest BCUT2D eigenvalue weighted by molar-refractivity contribution is 0.360. The standard InChI is InChI=1S/C16H11I2N5O/c1-2-3-24-15-9(5-11(17)6-13(15)18)4-10(7-19)14-12(8-20)16(21)23-22-14/h2,4-6H,1,3H2,(H3,21,22,23). The zero-order chi connectivity index (χ0) is 17.7. The number of aromatic nitrogens is 2. The van der Waals surface area contributed by atoms with Crippen molar-refractivity contribution in [2.75, 3.05) is 12.3 Å². The predicted octanol–water partition coefficient (Wildman–Crippen LogP) is 3.70. The van der Waals surface area contributed by atoms with Gasteiger partial charge in [-0.15, -0.1) is 0 Å². The molecule has 0 atom stereocenters. The molecular weight excluding hydrogens is 532 g/mol. The third kappa shape index (κ3) is 3.88. The monoisotopic (exact) mass is 543 g/mol. The zero-order valence-corrected chi connectivity index (χ0v) is 16.6. The van der Waals surface area contributed by atoms with Crippen LogP contribution >= 0.6 is 45.2 Å². The summed E-state index contributed by atoms with van der Waals surface area (Å²) in [6.45, 7) is 3.99. The second kappa shape index (κ2) is 8.17. The minimum atomic E-state index is 0.0639. The fourth-order valence-corrected chi connectivity index (χ4v) is 4.01. The summed E-state index contributed by atoms with van der Waals surface area (Å²) in [5.41, 5.74) is 7.06. The van der Waals surface area contributed by atoms with E-state index in [0.29, 0.717) is 18.1 Å². The molecule has 2 aromatic rings. The third-order valence-corrected chi connectivity index (χ3v) is 4.40. The first kappa shape index (κ1) is 18.3. The van der Waals surface area contributed by atoms with Crippen molar-refractivity contribution in [2.24, 2.45) is 0 Å². The molecule has 8 heteroatoms. The first-order valence-corrected chi connectivity index (χ1v) is 8.76. The van der Waals surface area contributed by atoms with E-state index in [1.165, 1.54) is 0 Å². The maximum atomic E-state index is 9.50. The second-order valence-electron chi connectivity index (χ2n) is 4.55. The molecule has 24 heavy (non-hydrogen) atoms. The molecule has 120 valence electrons. The van der Waals surface area contributed by atoms with Gasteiger partial charge in [-0.05, 0) is 63.4 Å². The number of nitriles is 2. The Morgan fingerprint density at radius 3 is 2.79 bits per heavy atom. The number of nitrogen functional groups attached to an aromatic ring is 1. The molecule has 0 unspecified atom stereocenters. The average Bonchev–Trinajstić information content (AvgIpc) is 2.92. The van der Waals surface area contributed by atoms with Gasteiger partial charge in [-0.1, -0.05) is 12.7 Å². The first-order valence-electron chi connectivity index (χ1n) is 6.60. The van der Waals surface area contributed by atoms with Gasteiger partial charge in [-0.25, -0.2) is 0 Å². The molecule has 0 spiro atoms. The van der Waals surface area contributed by atoms with E-state index in [-0.39, 0.29) is 17.0 Å². The van der Waals surface area contributed by atoms with Crippen molar-refractivity contribution in [3.05, 3.63) is 48.7 Å². The van der Waals surface area contributed by atoms with Crippen molar-refractivity contribution in [2.45, 2.75) is 0 Å². The van der Waals surface area contributed by atoms with Crippen LogP contribution in [0, 0.1) is 29.8 Å². The number of nitrogens with two attached hydrogens (primary N) is 1. The molecule has 0 saturated carbocycles. The Balaban J connectivity index is 2.61. The summed E-state index contributed by atoms with van der Waals surface area (Å²) >= 11 is 4.37. The molecule has 0 bridgehead atoms. The van der Waals surface area contributed by atoms with E-state index in [1.54, 1.807) is 12.2 Å². The lowest BCUT2D eigenvalue weighted by Gasteiger charge is -2.11. The van der Waals surface area contributed by atoms with Gasteiger partial charge in [-0.2, -0.15) is 15.6 Å². The lowest BCUT2D eigenvalue weighted by Crippen LogP contribution is -1.99. The highest BCUT2D eigenvalue weighted by Crippen LogP contribution is 2.32. The minimum Gasteiger partial charge on any atom is -0.488 e. The maximum Gasteiger partial charge on any atom is 0.163 e. The number of hydrogen-bond donors (Lipinski definition) is 2. The highest BCUT2D eigenvalue weighted by Gasteiger charge is 2.16. The number of rotatable bonds is 5. The Morgan fingerprint density at radius 2 is 2.17 bits per heavy atom. The Morgan fingerprint density at radius 1 is 1.42 bits per heavy atom. The molecule has 0 aliphatic rings. The Labute approximate surface area is 166 Å². The highest BCUT2D eigenvalue weighted by molar-refractivity contribution is 14.1. The molecule has 0 aliphatic carbocycles. The Bertz CT molecular complexity index is 902. The van der Waals surface area contributed by atoms with Crippen LogP contribution in [0.2, 0.25) is 0 Å². The SMILES string of the molecule is C=CCOc1c(I)cc(I)cc1C=C(C#N)c1[nH]nc(N)c1C#N. The predicted molar refractivity (Wildman–Crippen MR) is 109 cm³/mol. The smallest absolute Gasteiger partial charge is 0.163 e. The molecular formula is C16H11I2N5O. The largest absolute Gasteiger partial charge is 0.488 e. The van der Waals surface area contributed by atoms with E-state index in [2.05, 4.69) is 68.0 Å². The van der Waals surface area contributed by atoms with Gasteiger partial charge in [0.05, 0.1) is 14.8 Å². The molecule has 3 N–H and O–H groups in total. The Hall–Kier alpha value is -2.05. The first-order chi connectivity index (χ1) is 11.5. The van der Waals surface area contributed by atoms with E-state index in [1.807, 2.05) is 18.2 Å². The molecule has 1 heterocycles. The molecule has 6 nitrogen and oxygen atoms in total. The lowest BCUT2D eigenvalue weighted by atomic mass is 10.1. The van der Waals surface area contributed by atoms with E-state index < -0.39 is 0 Å². The minimum absolute atomic E-state index is 0.0639. The van der Waals surface area contributed by atoms with Crippen molar-refractivity contribution in [3.63, 3.8) is 0 Å². The van der Waals surface area contributed by atoms with Crippen LogP contribution in [0.5, 0.6) is 5.75 Å². The van der Waals surface area contributed by atoms with E-state index in [0.717, 1.165) is 12.7 Å². The van der Waals surface area contributed by atoms with Gasteiger partial charge < -0.3 is 10.5 Å². The number of anilines is 1. The Kier molecular flexibility index (Phi) is 6.23.